The average molecular weight is 354 g/mol. The van der Waals surface area contributed by atoms with Gasteiger partial charge in [0.05, 0.1) is 0 Å². The van der Waals surface area contributed by atoms with E-state index in [9.17, 15) is 14.4 Å². The summed E-state index contributed by atoms with van der Waals surface area (Å²) in [5, 5.41) is 8.16. The first-order chi connectivity index (χ1) is 12.3. The number of nitrogens with one attached hydrogen (secondary N) is 3. The third-order valence-corrected chi connectivity index (χ3v) is 3.39. The van der Waals surface area contributed by atoms with Crippen LogP contribution in [0.4, 0.5) is 11.4 Å². The molecule has 1 aromatic carbocycles. The van der Waals surface area contributed by atoms with Crippen LogP contribution in [-0.4, -0.2) is 29.3 Å². The summed E-state index contributed by atoms with van der Waals surface area (Å²) < 4.78 is 0. The van der Waals surface area contributed by atoms with E-state index in [1.807, 2.05) is 13.8 Å². The number of rotatable bonds is 6. The second-order valence-electron chi connectivity index (χ2n) is 6.25. The minimum absolute atomic E-state index is 0.165. The molecule has 0 aliphatic rings. The van der Waals surface area contributed by atoms with Crippen LogP contribution in [0.25, 0.3) is 0 Å². The van der Waals surface area contributed by atoms with E-state index < -0.39 is 0 Å². The van der Waals surface area contributed by atoms with Crippen LogP contribution in [0, 0.1) is 5.92 Å². The standard InChI is InChI=1S/C19H22N4O3/c1-12(2)11-21-19(26)17-10-14(8-9-20-17)18(25)23-16-6-4-15(5-7-16)22-13(3)24/h4-10,12H,11H2,1-3H3,(H,21,26)(H,22,24)(H,23,25). The molecule has 0 fully saturated rings. The van der Waals surface area contributed by atoms with E-state index >= 15 is 0 Å². The van der Waals surface area contributed by atoms with Crippen molar-refractivity contribution < 1.29 is 14.4 Å². The molecule has 0 spiro atoms. The zero-order valence-corrected chi connectivity index (χ0v) is 15.0. The van der Waals surface area contributed by atoms with Gasteiger partial charge in [0.2, 0.25) is 5.91 Å². The Hall–Kier alpha value is -3.22. The van der Waals surface area contributed by atoms with E-state index in [1.54, 1.807) is 30.3 Å². The van der Waals surface area contributed by atoms with Gasteiger partial charge in [0.1, 0.15) is 5.69 Å². The number of carbonyl (C=O) groups excluding carboxylic acids is 3. The lowest BCUT2D eigenvalue weighted by Crippen LogP contribution is -2.28. The number of pyridine rings is 1. The van der Waals surface area contributed by atoms with E-state index in [2.05, 4.69) is 20.9 Å². The molecule has 2 rings (SSSR count). The van der Waals surface area contributed by atoms with Gasteiger partial charge in [0.25, 0.3) is 11.8 Å². The van der Waals surface area contributed by atoms with Gasteiger partial charge in [-0.2, -0.15) is 0 Å². The topological polar surface area (TPSA) is 100 Å². The fourth-order valence-corrected chi connectivity index (χ4v) is 2.13. The van der Waals surface area contributed by atoms with E-state index in [-0.39, 0.29) is 23.4 Å². The van der Waals surface area contributed by atoms with E-state index in [1.165, 1.54) is 19.2 Å². The predicted octanol–water partition coefficient (Wildman–Crippen LogP) is 2.68. The Labute approximate surface area is 152 Å². The van der Waals surface area contributed by atoms with Gasteiger partial charge < -0.3 is 16.0 Å². The molecule has 0 bridgehead atoms. The van der Waals surface area contributed by atoms with Crippen molar-refractivity contribution in [1.29, 1.82) is 0 Å². The van der Waals surface area contributed by atoms with E-state index in [0.29, 0.717) is 29.4 Å². The first-order valence-corrected chi connectivity index (χ1v) is 8.28. The van der Waals surface area contributed by atoms with Crippen LogP contribution in [0.1, 0.15) is 41.6 Å². The highest BCUT2D eigenvalue weighted by Crippen LogP contribution is 2.15. The number of amides is 3. The highest BCUT2D eigenvalue weighted by atomic mass is 16.2. The monoisotopic (exact) mass is 354 g/mol. The van der Waals surface area contributed by atoms with Crippen molar-refractivity contribution in [2.45, 2.75) is 20.8 Å². The molecule has 2 aromatic rings. The lowest BCUT2D eigenvalue weighted by atomic mass is 10.2. The fraction of sp³-hybridized carbons (Fsp3) is 0.263. The number of carbonyl (C=O) groups is 3. The summed E-state index contributed by atoms with van der Waals surface area (Å²) in [4.78, 5) is 39.5. The molecule has 0 saturated carbocycles. The van der Waals surface area contributed by atoms with E-state index in [0.717, 1.165) is 0 Å². The largest absolute Gasteiger partial charge is 0.350 e. The van der Waals surface area contributed by atoms with Gasteiger partial charge in [-0.1, -0.05) is 13.8 Å². The maximum atomic E-state index is 12.4. The van der Waals surface area contributed by atoms with Crippen LogP contribution in [0.15, 0.2) is 42.6 Å². The number of nitrogens with zero attached hydrogens (tertiary/aromatic N) is 1. The van der Waals surface area contributed by atoms with Crippen molar-refractivity contribution in [3.05, 3.63) is 53.9 Å². The summed E-state index contributed by atoms with van der Waals surface area (Å²) in [5.41, 5.74) is 1.75. The molecule has 3 amide bonds. The molecule has 7 heteroatoms. The number of hydrogen-bond donors (Lipinski definition) is 3. The van der Waals surface area contributed by atoms with Gasteiger partial charge in [-0.15, -0.1) is 0 Å². The Bertz CT molecular complexity index is 801. The van der Waals surface area contributed by atoms with Gasteiger partial charge in [-0.05, 0) is 42.3 Å². The molecule has 0 aliphatic carbocycles. The van der Waals surface area contributed by atoms with E-state index in [4.69, 9.17) is 0 Å². The predicted molar refractivity (Wildman–Crippen MR) is 100 cm³/mol. The molecule has 1 aromatic heterocycles. The molecule has 0 atom stereocenters. The van der Waals surface area contributed by atoms with Crippen LogP contribution in [-0.2, 0) is 4.79 Å². The zero-order chi connectivity index (χ0) is 19.1. The summed E-state index contributed by atoms with van der Waals surface area (Å²) in [7, 11) is 0. The number of aromatic nitrogens is 1. The molecule has 3 N–H and O–H groups in total. The molecule has 7 nitrogen and oxygen atoms in total. The third-order valence-electron chi connectivity index (χ3n) is 3.39. The SMILES string of the molecule is CC(=O)Nc1ccc(NC(=O)c2ccnc(C(=O)NCC(C)C)c2)cc1. The second kappa shape index (κ2) is 8.75. The Kier molecular flexibility index (Phi) is 6.43. The third kappa shape index (κ3) is 5.70. The minimum Gasteiger partial charge on any atom is -0.350 e. The Balaban J connectivity index is 2.04. The van der Waals surface area contributed by atoms with Crippen molar-refractivity contribution in [2.24, 2.45) is 5.92 Å². The zero-order valence-electron chi connectivity index (χ0n) is 15.0. The van der Waals surface area contributed by atoms with Crippen LogP contribution in [0.2, 0.25) is 0 Å². The van der Waals surface area contributed by atoms with Crippen LogP contribution in [0.3, 0.4) is 0 Å². The molecule has 0 saturated heterocycles. The number of hydrogen-bond acceptors (Lipinski definition) is 4. The van der Waals surface area contributed by atoms with Crippen molar-refractivity contribution in [1.82, 2.24) is 10.3 Å². The first kappa shape index (κ1) is 19.1. The highest BCUT2D eigenvalue weighted by molar-refractivity contribution is 6.05. The molecule has 136 valence electrons. The lowest BCUT2D eigenvalue weighted by molar-refractivity contribution is -0.114. The maximum Gasteiger partial charge on any atom is 0.269 e. The summed E-state index contributed by atoms with van der Waals surface area (Å²) >= 11 is 0. The lowest BCUT2D eigenvalue weighted by Gasteiger charge is -2.09. The molecule has 0 radical (unpaired) electrons. The van der Waals surface area contributed by atoms with Gasteiger partial charge in [-0.25, -0.2) is 0 Å². The summed E-state index contributed by atoms with van der Waals surface area (Å²) in [6.07, 6.45) is 1.43. The molecular weight excluding hydrogens is 332 g/mol. The van der Waals surface area contributed by atoms with Crippen molar-refractivity contribution in [2.75, 3.05) is 17.2 Å². The van der Waals surface area contributed by atoms with Gasteiger partial charge in [-0.3, -0.25) is 19.4 Å². The average Bonchev–Trinajstić information content (AvgIpc) is 2.61. The molecule has 0 unspecified atom stereocenters. The maximum absolute atomic E-state index is 12.4. The van der Waals surface area contributed by atoms with Crippen LogP contribution < -0.4 is 16.0 Å². The Morgan fingerprint density at radius 3 is 2.15 bits per heavy atom. The molecule has 26 heavy (non-hydrogen) atoms. The fourth-order valence-electron chi connectivity index (χ4n) is 2.13. The number of anilines is 2. The first-order valence-electron chi connectivity index (χ1n) is 8.28. The van der Waals surface area contributed by atoms with Crippen LogP contribution >= 0.6 is 0 Å². The van der Waals surface area contributed by atoms with Gasteiger partial charge in [0.15, 0.2) is 0 Å². The van der Waals surface area contributed by atoms with Crippen molar-refractivity contribution in [3.8, 4) is 0 Å². The molecule has 0 aliphatic heterocycles. The smallest absolute Gasteiger partial charge is 0.269 e. The molecular formula is C19H22N4O3. The summed E-state index contributed by atoms with van der Waals surface area (Å²) in [5.74, 6) is -0.502. The quantitative estimate of drug-likeness (QED) is 0.742. The Morgan fingerprint density at radius 2 is 1.58 bits per heavy atom. The molecule has 1 heterocycles. The van der Waals surface area contributed by atoms with Gasteiger partial charge in [0, 0.05) is 36.6 Å². The van der Waals surface area contributed by atoms with Crippen LogP contribution in [0.5, 0.6) is 0 Å². The summed E-state index contributed by atoms with van der Waals surface area (Å²) in [6, 6.07) is 9.74. The normalized spacial score (nSPS) is 10.3. The number of benzene rings is 1. The highest BCUT2D eigenvalue weighted by Gasteiger charge is 2.12. The van der Waals surface area contributed by atoms with Crippen molar-refractivity contribution in [3.63, 3.8) is 0 Å². The Morgan fingerprint density at radius 1 is 0.962 bits per heavy atom. The second-order valence-corrected chi connectivity index (χ2v) is 6.25. The summed E-state index contributed by atoms with van der Waals surface area (Å²) in [6.45, 7) is 5.95. The van der Waals surface area contributed by atoms with Crippen molar-refractivity contribution >= 4 is 29.1 Å². The minimum atomic E-state index is -0.349. The van der Waals surface area contributed by atoms with Gasteiger partial charge >= 0.3 is 0 Å².